The van der Waals surface area contributed by atoms with Gasteiger partial charge < -0.3 is 9.94 Å². The van der Waals surface area contributed by atoms with Gasteiger partial charge in [-0.3, -0.25) is 4.79 Å². The lowest BCUT2D eigenvalue weighted by molar-refractivity contribution is -0.136. The zero-order valence-electron chi connectivity index (χ0n) is 9.25. The Bertz CT molecular complexity index is 314. The Morgan fingerprint density at radius 2 is 1.87 bits per heavy atom. The summed E-state index contributed by atoms with van der Waals surface area (Å²) in [6.07, 6.45) is 4.81. The van der Waals surface area contributed by atoms with E-state index in [9.17, 15) is 4.79 Å². The number of carbonyl (C=O) groups is 1. The summed E-state index contributed by atoms with van der Waals surface area (Å²) in [6, 6.07) is 0. The number of hydrogen-bond donors (Lipinski definition) is 1. The molecule has 1 spiro atoms. The van der Waals surface area contributed by atoms with Crippen molar-refractivity contribution in [1.82, 2.24) is 0 Å². The smallest absolute Gasteiger partial charge is 0.214 e. The summed E-state index contributed by atoms with van der Waals surface area (Å²) in [7, 11) is 0. The number of carbonyl (C=O) groups excluding carboxylic acids is 1. The minimum Gasteiger partial charge on any atom is -0.410 e. The monoisotopic (exact) mass is 211 g/mol. The van der Waals surface area contributed by atoms with Crippen LogP contribution in [0, 0.1) is 0 Å². The maximum absolute atomic E-state index is 11.9. The molecule has 2 aliphatic rings. The van der Waals surface area contributed by atoms with Gasteiger partial charge in [-0.05, 0) is 26.7 Å². The fourth-order valence-corrected chi connectivity index (χ4v) is 2.67. The van der Waals surface area contributed by atoms with Crippen LogP contribution in [0.5, 0.6) is 0 Å². The number of hydrogen-bond acceptors (Lipinski definition) is 4. The molecule has 1 aliphatic carbocycles. The molecule has 15 heavy (non-hydrogen) atoms. The van der Waals surface area contributed by atoms with Crippen molar-refractivity contribution in [3.63, 3.8) is 0 Å². The van der Waals surface area contributed by atoms with Gasteiger partial charge >= 0.3 is 0 Å². The van der Waals surface area contributed by atoms with Gasteiger partial charge in [-0.1, -0.05) is 24.4 Å². The van der Waals surface area contributed by atoms with E-state index in [2.05, 4.69) is 5.16 Å². The van der Waals surface area contributed by atoms with Crippen molar-refractivity contribution in [2.75, 3.05) is 0 Å². The van der Waals surface area contributed by atoms with Crippen molar-refractivity contribution < 1.29 is 14.7 Å². The molecule has 4 nitrogen and oxygen atoms in total. The second-order valence-electron chi connectivity index (χ2n) is 4.95. The molecule has 1 aliphatic heterocycles. The maximum atomic E-state index is 11.9. The fraction of sp³-hybridized carbons (Fsp3) is 0.818. The summed E-state index contributed by atoms with van der Waals surface area (Å²) in [6.45, 7) is 3.48. The van der Waals surface area contributed by atoms with Gasteiger partial charge in [0.25, 0.3) is 0 Å². The Labute approximate surface area is 89.3 Å². The lowest BCUT2D eigenvalue weighted by Gasteiger charge is -2.33. The highest BCUT2D eigenvalue weighted by molar-refractivity contribution is 6.47. The molecular weight excluding hydrogens is 194 g/mol. The van der Waals surface area contributed by atoms with Gasteiger partial charge in [0.1, 0.15) is 11.2 Å². The Balaban J connectivity index is 2.37. The Kier molecular flexibility index (Phi) is 2.34. The molecule has 1 saturated carbocycles. The number of oxime groups is 1. The van der Waals surface area contributed by atoms with E-state index in [0.29, 0.717) is 0 Å². The van der Waals surface area contributed by atoms with Gasteiger partial charge in [0.2, 0.25) is 5.78 Å². The third kappa shape index (κ3) is 1.47. The fourth-order valence-electron chi connectivity index (χ4n) is 2.67. The molecule has 0 aromatic rings. The standard InChI is InChI=1S/C11H17NO3/c1-10(2)9(13)8(12-14)11(15-10)6-4-3-5-7-11/h14H,3-7H2,1-2H3. The highest BCUT2D eigenvalue weighted by Crippen LogP contribution is 2.42. The van der Waals surface area contributed by atoms with Gasteiger partial charge in [0, 0.05) is 0 Å². The van der Waals surface area contributed by atoms with Gasteiger partial charge in [0.15, 0.2) is 5.71 Å². The molecule has 2 fully saturated rings. The SMILES string of the molecule is CC1(C)OC2(CCCCC2)C(=NO)C1=O. The molecule has 0 bridgehead atoms. The summed E-state index contributed by atoms with van der Waals surface area (Å²) in [4.78, 5) is 11.9. The number of ether oxygens (including phenoxy) is 1. The minimum atomic E-state index is -0.834. The number of rotatable bonds is 0. The van der Waals surface area contributed by atoms with Crippen LogP contribution in [0.4, 0.5) is 0 Å². The van der Waals surface area contributed by atoms with Crippen LogP contribution in [-0.4, -0.2) is 27.9 Å². The number of nitrogens with zero attached hydrogens (tertiary/aromatic N) is 1. The van der Waals surface area contributed by atoms with Crippen molar-refractivity contribution in [2.45, 2.75) is 57.2 Å². The lowest BCUT2D eigenvalue weighted by Crippen LogP contribution is -2.39. The third-order valence-electron chi connectivity index (χ3n) is 3.41. The molecule has 0 aromatic heterocycles. The molecule has 84 valence electrons. The molecule has 0 unspecified atom stereocenters. The van der Waals surface area contributed by atoms with Crippen LogP contribution < -0.4 is 0 Å². The predicted octanol–water partition coefficient (Wildman–Crippen LogP) is 1.90. The largest absolute Gasteiger partial charge is 0.410 e. The normalized spacial score (nSPS) is 31.3. The average molecular weight is 211 g/mol. The first-order chi connectivity index (χ1) is 7.02. The second-order valence-corrected chi connectivity index (χ2v) is 4.95. The van der Waals surface area contributed by atoms with Crippen molar-refractivity contribution in [1.29, 1.82) is 0 Å². The van der Waals surface area contributed by atoms with Crippen molar-refractivity contribution in [2.24, 2.45) is 5.16 Å². The van der Waals surface area contributed by atoms with E-state index in [1.165, 1.54) is 6.42 Å². The van der Waals surface area contributed by atoms with E-state index in [1.807, 2.05) is 0 Å². The Morgan fingerprint density at radius 1 is 1.27 bits per heavy atom. The molecule has 2 rings (SSSR count). The molecule has 0 radical (unpaired) electrons. The summed E-state index contributed by atoms with van der Waals surface area (Å²) in [5.41, 5.74) is -1.21. The quantitative estimate of drug-likeness (QED) is 0.491. The first kappa shape index (κ1) is 10.6. The Hall–Kier alpha value is -0.900. The molecule has 1 N–H and O–H groups in total. The van der Waals surface area contributed by atoms with Crippen LogP contribution in [0.2, 0.25) is 0 Å². The van der Waals surface area contributed by atoms with Crippen LogP contribution in [0.25, 0.3) is 0 Å². The number of Topliss-reactive ketones (excluding diaryl/α,β-unsaturated/α-hetero) is 1. The molecule has 0 amide bonds. The summed E-state index contributed by atoms with van der Waals surface area (Å²) < 4.78 is 5.85. The van der Waals surface area contributed by atoms with Crippen LogP contribution in [0.3, 0.4) is 0 Å². The van der Waals surface area contributed by atoms with Crippen molar-refractivity contribution in [3.8, 4) is 0 Å². The minimum absolute atomic E-state index is 0.174. The van der Waals surface area contributed by atoms with E-state index in [0.717, 1.165) is 25.7 Å². The zero-order valence-corrected chi connectivity index (χ0v) is 9.25. The first-order valence-electron chi connectivity index (χ1n) is 5.49. The molecular formula is C11H17NO3. The van der Waals surface area contributed by atoms with Crippen LogP contribution in [-0.2, 0) is 9.53 Å². The zero-order chi connectivity index (χ0) is 11.1. The van der Waals surface area contributed by atoms with Gasteiger partial charge in [-0.2, -0.15) is 0 Å². The molecule has 1 saturated heterocycles. The molecule has 0 atom stereocenters. The van der Waals surface area contributed by atoms with E-state index >= 15 is 0 Å². The third-order valence-corrected chi connectivity index (χ3v) is 3.41. The summed E-state index contributed by atoms with van der Waals surface area (Å²) >= 11 is 0. The molecule has 4 heteroatoms. The maximum Gasteiger partial charge on any atom is 0.214 e. The van der Waals surface area contributed by atoms with Gasteiger partial charge in [-0.15, -0.1) is 0 Å². The topological polar surface area (TPSA) is 58.9 Å². The van der Waals surface area contributed by atoms with E-state index in [1.54, 1.807) is 13.8 Å². The van der Waals surface area contributed by atoms with Crippen molar-refractivity contribution >= 4 is 11.5 Å². The Morgan fingerprint density at radius 3 is 2.40 bits per heavy atom. The van der Waals surface area contributed by atoms with Crippen LogP contribution in [0.1, 0.15) is 46.0 Å². The van der Waals surface area contributed by atoms with Gasteiger partial charge in [0.05, 0.1) is 0 Å². The molecule has 1 heterocycles. The van der Waals surface area contributed by atoms with Crippen molar-refractivity contribution in [3.05, 3.63) is 0 Å². The first-order valence-corrected chi connectivity index (χ1v) is 5.49. The summed E-state index contributed by atoms with van der Waals surface area (Å²) in [5.74, 6) is -0.174. The summed E-state index contributed by atoms with van der Waals surface area (Å²) in [5, 5.41) is 12.2. The number of ketones is 1. The van der Waals surface area contributed by atoms with Gasteiger partial charge in [-0.25, -0.2) is 0 Å². The van der Waals surface area contributed by atoms with E-state index < -0.39 is 11.2 Å². The lowest BCUT2D eigenvalue weighted by atomic mass is 9.81. The average Bonchev–Trinajstić information content (AvgIpc) is 2.35. The second kappa shape index (κ2) is 3.30. The van der Waals surface area contributed by atoms with Crippen LogP contribution >= 0.6 is 0 Å². The predicted molar refractivity (Wildman–Crippen MR) is 55.2 cm³/mol. The molecule has 0 aromatic carbocycles. The highest BCUT2D eigenvalue weighted by atomic mass is 16.5. The van der Waals surface area contributed by atoms with E-state index in [4.69, 9.17) is 9.94 Å². The highest BCUT2D eigenvalue weighted by Gasteiger charge is 2.56. The van der Waals surface area contributed by atoms with Crippen LogP contribution in [0.15, 0.2) is 5.16 Å². The van der Waals surface area contributed by atoms with E-state index in [-0.39, 0.29) is 11.5 Å².